The largest absolute Gasteiger partial charge is 0.376 e. The van der Waals surface area contributed by atoms with Gasteiger partial charge in [-0.2, -0.15) is 0 Å². The standard InChI is InChI=1S/C18H18FNO2/c19-17-4-2-1-3-16(17)18(21)20-15-9-7-14(8-10-15)12-22-11-13-5-6-13/h1-4,7-10,13H,5-6,11-12H2,(H,20,21). The average molecular weight is 299 g/mol. The molecular formula is C18H18FNO2. The number of hydrogen-bond donors (Lipinski definition) is 1. The summed E-state index contributed by atoms with van der Waals surface area (Å²) < 4.78 is 19.2. The second kappa shape index (κ2) is 6.71. The van der Waals surface area contributed by atoms with Gasteiger partial charge in [-0.1, -0.05) is 24.3 Å². The lowest BCUT2D eigenvalue weighted by Crippen LogP contribution is -2.13. The summed E-state index contributed by atoms with van der Waals surface area (Å²) in [6.45, 7) is 1.41. The molecule has 0 saturated heterocycles. The number of ether oxygens (including phenoxy) is 1. The number of nitrogens with one attached hydrogen (secondary N) is 1. The molecule has 2 aromatic carbocycles. The van der Waals surface area contributed by atoms with Gasteiger partial charge in [0.25, 0.3) is 5.91 Å². The van der Waals surface area contributed by atoms with Crippen LogP contribution in [-0.2, 0) is 11.3 Å². The number of amides is 1. The fourth-order valence-corrected chi connectivity index (χ4v) is 2.16. The molecule has 0 aromatic heterocycles. The van der Waals surface area contributed by atoms with Gasteiger partial charge in [-0.3, -0.25) is 4.79 Å². The minimum absolute atomic E-state index is 0.0411. The average Bonchev–Trinajstić information content (AvgIpc) is 3.34. The molecule has 3 rings (SSSR count). The van der Waals surface area contributed by atoms with Gasteiger partial charge in [0.2, 0.25) is 0 Å². The van der Waals surface area contributed by atoms with E-state index in [2.05, 4.69) is 5.32 Å². The number of halogens is 1. The molecule has 1 amide bonds. The molecule has 1 aliphatic rings. The molecule has 1 saturated carbocycles. The van der Waals surface area contributed by atoms with Crippen molar-refractivity contribution in [2.24, 2.45) is 5.92 Å². The summed E-state index contributed by atoms with van der Waals surface area (Å²) in [6, 6.07) is 13.3. The molecule has 1 aliphatic carbocycles. The molecule has 4 heteroatoms. The summed E-state index contributed by atoms with van der Waals surface area (Å²) in [5.41, 5.74) is 1.74. The molecule has 22 heavy (non-hydrogen) atoms. The second-order valence-electron chi connectivity index (χ2n) is 5.59. The molecule has 0 heterocycles. The Bertz CT molecular complexity index is 650. The van der Waals surface area contributed by atoms with Crippen LogP contribution in [0.1, 0.15) is 28.8 Å². The molecule has 0 spiro atoms. The fraction of sp³-hybridized carbons (Fsp3) is 0.278. The first kappa shape index (κ1) is 14.7. The van der Waals surface area contributed by atoms with Gasteiger partial charge in [-0.25, -0.2) is 4.39 Å². The van der Waals surface area contributed by atoms with Crippen molar-refractivity contribution in [1.29, 1.82) is 0 Å². The predicted octanol–water partition coefficient (Wildman–Crippen LogP) is 4.00. The van der Waals surface area contributed by atoms with Gasteiger partial charge in [0.1, 0.15) is 5.82 Å². The van der Waals surface area contributed by atoms with E-state index >= 15 is 0 Å². The van der Waals surface area contributed by atoms with E-state index in [1.807, 2.05) is 12.1 Å². The quantitative estimate of drug-likeness (QED) is 0.875. The van der Waals surface area contributed by atoms with Crippen molar-refractivity contribution < 1.29 is 13.9 Å². The summed E-state index contributed by atoms with van der Waals surface area (Å²) in [5, 5.41) is 2.69. The van der Waals surface area contributed by atoms with E-state index in [0.717, 1.165) is 18.1 Å². The SMILES string of the molecule is O=C(Nc1ccc(COCC2CC2)cc1)c1ccccc1F. The highest BCUT2D eigenvalue weighted by molar-refractivity contribution is 6.04. The minimum atomic E-state index is -0.523. The zero-order valence-corrected chi connectivity index (χ0v) is 12.2. The lowest BCUT2D eigenvalue weighted by molar-refractivity contribution is 0.102. The lowest BCUT2D eigenvalue weighted by atomic mass is 10.2. The van der Waals surface area contributed by atoms with Crippen LogP contribution in [0.3, 0.4) is 0 Å². The summed E-state index contributed by atoms with van der Waals surface area (Å²) in [5.74, 6) is -0.222. The number of carbonyl (C=O) groups is 1. The van der Waals surface area contributed by atoms with Crippen LogP contribution in [0.5, 0.6) is 0 Å². The molecule has 2 aromatic rings. The van der Waals surface area contributed by atoms with Crippen LogP contribution < -0.4 is 5.32 Å². The number of carbonyl (C=O) groups excluding carboxylic acids is 1. The molecule has 3 nitrogen and oxygen atoms in total. The van der Waals surface area contributed by atoms with Crippen LogP contribution in [-0.4, -0.2) is 12.5 Å². The van der Waals surface area contributed by atoms with Crippen molar-refractivity contribution in [1.82, 2.24) is 0 Å². The normalized spacial score (nSPS) is 13.9. The first-order chi connectivity index (χ1) is 10.7. The van der Waals surface area contributed by atoms with E-state index < -0.39 is 11.7 Å². The maximum Gasteiger partial charge on any atom is 0.258 e. The molecule has 114 valence electrons. The Morgan fingerprint density at radius 2 is 1.86 bits per heavy atom. The van der Waals surface area contributed by atoms with E-state index in [9.17, 15) is 9.18 Å². The molecule has 1 fully saturated rings. The predicted molar refractivity (Wildman–Crippen MR) is 83.2 cm³/mol. The van der Waals surface area contributed by atoms with Crippen molar-refractivity contribution in [2.75, 3.05) is 11.9 Å². The third-order valence-electron chi connectivity index (χ3n) is 3.65. The van der Waals surface area contributed by atoms with Crippen LogP contribution in [0.15, 0.2) is 48.5 Å². The van der Waals surface area contributed by atoms with E-state index in [0.29, 0.717) is 12.3 Å². The summed E-state index contributed by atoms with van der Waals surface area (Å²) >= 11 is 0. The third-order valence-corrected chi connectivity index (χ3v) is 3.65. The Labute approximate surface area is 129 Å². The number of hydrogen-bond acceptors (Lipinski definition) is 2. The highest BCUT2D eigenvalue weighted by Gasteiger charge is 2.21. The minimum Gasteiger partial charge on any atom is -0.376 e. The molecule has 0 atom stereocenters. The number of anilines is 1. The van der Waals surface area contributed by atoms with Gasteiger partial charge in [0.15, 0.2) is 0 Å². The number of benzene rings is 2. The first-order valence-corrected chi connectivity index (χ1v) is 7.45. The van der Waals surface area contributed by atoms with Crippen molar-refractivity contribution in [3.05, 3.63) is 65.5 Å². The van der Waals surface area contributed by atoms with Crippen LogP contribution in [0.25, 0.3) is 0 Å². The Morgan fingerprint density at radius 1 is 1.14 bits per heavy atom. The van der Waals surface area contributed by atoms with Crippen LogP contribution in [0.2, 0.25) is 0 Å². The number of rotatable bonds is 6. The lowest BCUT2D eigenvalue weighted by Gasteiger charge is -2.08. The molecule has 1 N–H and O–H groups in total. The molecule has 0 radical (unpaired) electrons. The van der Waals surface area contributed by atoms with Gasteiger partial charge < -0.3 is 10.1 Å². The van der Waals surface area contributed by atoms with Gasteiger partial charge in [-0.15, -0.1) is 0 Å². The Morgan fingerprint density at radius 3 is 2.55 bits per heavy atom. The van der Waals surface area contributed by atoms with E-state index in [1.54, 1.807) is 24.3 Å². The van der Waals surface area contributed by atoms with Crippen LogP contribution >= 0.6 is 0 Å². The van der Waals surface area contributed by atoms with Crippen molar-refractivity contribution >= 4 is 11.6 Å². The topological polar surface area (TPSA) is 38.3 Å². The summed E-state index contributed by atoms with van der Waals surface area (Å²) in [7, 11) is 0. The van der Waals surface area contributed by atoms with Gasteiger partial charge in [0.05, 0.1) is 12.2 Å². The Balaban J connectivity index is 1.56. The molecule has 0 bridgehead atoms. The van der Waals surface area contributed by atoms with Crippen LogP contribution in [0, 0.1) is 11.7 Å². The van der Waals surface area contributed by atoms with E-state index in [4.69, 9.17) is 4.74 Å². The van der Waals surface area contributed by atoms with E-state index in [1.165, 1.54) is 25.0 Å². The van der Waals surface area contributed by atoms with Crippen LogP contribution in [0.4, 0.5) is 10.1 Å². The van der Waals surface area contributed by atoms with Crippen molar-refractivity contribution in [3.63, 3.8) is 0 Å². The smallest absolute Gasteiger partial charge is 0.258 e. The van der Waals surface area contributed by atoms with E-state index in [-0.39, 0.29) is 5.56 Å². The molecule has 0 unspecified atom stereocenters. The fourth-order valence-electron chi connectivity index (χ4n) is 2.16. The van der Waals surface area contributed by atoms with Crippen molar-refractivity contribution in [3.8, 4) is 0 Å². The van der Waals surface area contributed by atoms with Gasteiger partial charge >= 0.3 is 0 Å². The molecular weight excluding hydrogens is 281 g/mol. The summed E-state index contributed by atoms with van der Waals surface area (Å²) in [6.07, 6.45) is 2.56. The third kappa shape index (κ3) is 3.92. The van der Waals surface area contributed by atoms with Gasteiger partial charge in [0, 0.05) is 12.3 Å². The van der Waals surface area contributed by atoms with Gasteiger partial charge in [-0.05, 0) is 48.6 Å². The van der Waals surface area contributed by atoms with Crippen molar-refractivity contribution in [2.45, 2.75) is 19.4 Å². The Hall–Kier alpha value is -2.20. The highest BCUT2D eigenvalue weighted by Crippen LogP contribution is 2.29. The Kier molecular flexibility index (Phi) is 4.49. The highest BCUT2D eigenvalue weighted by atomic mass is 19.1. The summed E-state index contributed by atoms with van der Waals surface area (Å²) in [4.78, 5) is 12.0. The molecule has 0 aliphatic heterocycles. The first-order valence-electron chi connectivity index (χ1n) is 7.45. The maximum atomic E-state index is 13.5. The maximum absolute atomic E-state index is 13.5. The zero-order valence-electron chi connectivity index (χ0n) is 12.2. The zero-order chi connectivity index (χ0) is 15.4. The monoisotopic (exact) mass is 299 g/mol. The second-order valence-corrected chi connectivity index (χ2v) is 5.59.